The number of nitrogens with zero attached hydrogens (tertiary/aromatic N) is 1. The summed E-state index contributed by atoms with van der Waals surface area (Å²) < 4.78 is 42.6. The molecule has 1 aliphatic rings. The first-order valence-electron chi connectivity index (χ1n) is 10.1. The predicted octanol–water partition coefficient (Wildman–Crippen LogP) is 2.89. The third kappa shape index (κ3) is 5.41. The number of carbonyl (C=O) groups excluding carboxylic acids is 1. The first-order chi connectivity index (χ1) is 14.7. The third-order valence-electron chi connectivity index (χ3n) is 4.92. The maximum absolute atomic E-state index is 12.9. The maximum Gasteiger partial charge on any atom is 0.244 e. The number of fused-ring (bicyclic) bond motifs is 1. The average Bonchev–Trinajstić information content (AvgIpc) is 2.74. The molecule has 0 saturated heterocycles. The largest absolute Gasteiger partial charge is 0.494 e. The Labute approximate surface area is 183 Å². The van der Waals surface area contributed by atoms with Gasteiger partial charge in [-0.05, 0) is 62.7 Å². The van der Waals surface area contributed by atoms with E-state index in [4.69, 9.17) is 14.2 Å². The van der Waals surface area contributed by atoms with Crippen molar-refractivity contribution in [2.45, 2.75) is 32.9 Å². The van der Waals surface area contributed by atoms with Gasteiger partial charge in [-0.2, -0.15) is 0 Å². The Morgan fingerprint density at radius 1 is 1.10 bits per heavy atom. The van der Waals surface area contributed by atoms with Crippen molar-refractivity contribution in [3.63, 3.8) is 0 Å². The molecule has 0 bridgehead atoms. The molecule has 0 fully saturated rings. The minimum absolute atomic E-state index is 0.354. The number of anilines is 1. The molecule has 0 aliphatic carbocycles. The molecule has 1 heterocycles. The van der Waals surface area contributed by atoms with Gasteiger partial charge in [0.2, 0.25) is 15.9 Å². The van der Waals surface area contributed by atoms with Crippen LogP contribution >= 0.6 is 0 Å². The van der Waals surface area contributed by atoms with Crippen LogP contribution in [0.3, 0.4) is 0 Å². The highest BCUT2D eigenvalue weighted by Gasteiger charge is 2.30. The number of rotatable bonds is 8. The van der Waals surface area contributed by atoms with E-state index in [9.17, 15) is 13.2 Å². The van der Waals surface area contributed by atoms with Crippen molar-refractivity contribution in [3.05, 3.63) is 48.0 Å². The molecule has 9 heteroatoms. The SMILES string of the molecule is CCOc1ccc(N([C@H](C)C(=O)N[C@@H](C)c2ccc3c(c2)OCCO3)S(C)(=O)=O)cc1. The Morgan fingerprint density at radius 2 is 1.74 bits per heavy atom. The molecule has 2 aromatic rings. The molecule has 168 valence electrons. The first-order valence-corrected chi connectivity index (χ1v) is 12.0. The molecular formula is C22H28N2O6S. The molecule has 3 rings (SSSR count). The maximum atomic E-state index is 12.9. The van der Waals surface area contributed by atoms with Crippen LogP contribution in [0.15, 0.2) is 42.5 Å². The summed E-state index contributed by atoms with van der Waals surface area (Å²) in [7, 11) is -3.70. The van der Waals surface area contributed by atoms with Crippen LogP contribution < -0.4 is 23.8 Å². The zero-order chi connectivity index (χ0) is 22.6. The molecule has 0 saturated carbocycles. The lowest BCUT2D eigenvalue weighted by molar-refractivity contribution is -0.122. The van der Waals surface area contributed by atoms with Crippen LogP contribution in [0.25, 0.3) is 0 Å². The van der Waals surface area contributed by atoms with Crippen molar-refractivity contribution in [1.29, 1.82) is 0 Å². The summed E-state index contributed by atoms with van der Waals surface area (Å²) in [6.45, 7) is 6.74. The van der Waals surface area contributed by atoms with E-state index in [1.807, 2.05) is 26.0 Å². The first kappa shape index (κ1) is 22.7. The van der Waals surface area contributed by atoms with Crippen LogP contribution in [-0.2, 0) is 14.8 Å². The molecule has 2 atom stereocenters. The van der Waals surface area contributed by atoms with E-state index >= 15 is 0 Å². The van der Waals surface area contributed by atoms with Crippen LogP contribution in [0, 0.1) is 0 Å². The van der Waals surface area contributed by atoms with Crippen LogP contribution in [0.5, 0.6) is 17.2 Å². The van der Waals surface area contributed by atoms with Crippen LogP contribution in [0.1, 0.15) is 32.4 Å². The fraction of sp³-hybridized carbons (Fsp3) is 0.409. The molecule has 0 radical (unpaired) electrons. The molecule has 0 unspecified atom stereocenters. The number of sulfonamides is 1. The Kier molecular flexibility index (Phi) is 6.94. The second-order valence-corrected chi connectivity index (χ2v) is 9.15. The monoisotopic (exact) mass is 448 g/mol. The molecule has 31 heavy (non-hydrogen) atoms. The minimum Gasteiger partial charge on any atom is -0.494 e. The van der Waals surface area contributed by atoms with Crippen molar-refractivity contribution in [3.8, 4) is 17.2 Å². The number of carbonyl (C=O) groups is 1. The zero-order valence-corrected chi connectivity index (χ0v) is 18.9. The smallest absolute Gasteiger partial charge is 0.244 e. The highest BCUT2D eigenvalue weighted by Crippen LogP contribution is 2.32. The average molecular weight is 449 g/mol. The van der Waals surface area contributed by atoms with Crippen molar-refractivity contribution >= 4 is 21.6 Å². The van der Waals surface area contributed by atoms with E-state index < -0.39 is 22.0 Å². The molecule has 1 N–H and O–H groups in total. The summed E-state index contributed by atoms with van der Waals surface area (Å²) in [4.78, 5) is 12.9. The van der Waals surface area contributed by atoms with Crippen LogP contribution in [0.4, 0.5) is 5.69 Å². The summed E-state index contributed by atoms with van der Waals surface area (Å²) in [5, 5.41) is 2.89. The van der Waals surface area contributed by atoms with Gasteiger partial charge in [-0.1, -0.05) is 6.07 Å². The fourth-order valence-electron chi connectivity index (χ4n) is 3.41. The Hall–Kier alpha value is -2.94. The van der Waals surface area contributed by atoms with E-state index in [0.717, 1.165) is 16.1 Å². The Morgan fingerprint density at radius 3 is 2.35 bits per heavy atom. The van der Waals surface area contributed by atoms with Gasteiger partial charge < -0.3 is 19.5 Å². The number of hydrogen-bond acceptors (Lipinski definition) is 6. The molecule has 0 aromatic heterocycles. The van der Waals surface area contributed by atoms with Gasteiger partial charge in [-0.15, -0.1) is 0 Å². The standard InChI is InChI=1S/C22H28N2O6S/c1-5-28-19-9-7-18(8-10-19)24(31(4,26)27)16(3)22(25)23-15(2)17-6-11-20-21(14-17)30-13-12-29-20/h6-11,14-16H,5,12-13H2,1-4H3,(H,23,25)/t15-,16+/m0/s1. The highest BCUT2D eigenvalue weighted by atomic mass is 32.2. The summed E-state index contributed by atoms with van der Waals surface area (Å²) in [5.74, 6) is 1.51. The predicted molar refractivity (Wildman–Crippen MR) is 118 cm³/mol. The van der Waals surface area contributed by atoms with Gasteiger partial charge >= 0.3 is 0 Å². The second kappa shape index (κ2) is 9.47. The van der Waals surface area contributed by atoms with Gasteiger partial charge in [0.05, 0.1) is 24.6 Å². The van der Waals surface area contributed by atoms with Gasteiger partial charge in [-0.3, -0.25) is 9.10 Å². The lowest BCUT2D eigenvalue weighted by atomic mass is 10.1. The van der Waals surface area contributed by atoms with E-state index in [1.54, 1.807) is 37.3 Å². The quantitative estimate of drug-likeness (QED) is 0.667. The van der Waals surface area contributed by atoms with E-state index in [2.05, 4.69) is 5.32 Å². The number of amides is 1. The summed E-state index contributed by atoms with van der Waals surface area (Å²) in [5.41, 5.74) is 1.22. The van der Waals surface area contributed by atoms with E-state index in [-0.39, 0.29) is 6.04 Å². The van der Waals surface area contributed by atoms with Crippen molar-refractivity contribution in [2.24, 2.45) is 0 Å². The lowest BCUT2D eigenvalue weighted by Gasteiger charge is -2.29. The second-order valence-electron chi connectivity index (χ2n) is 7.30. The molecule has 1 aliphatic heterocycles. The van der Waals surface area contributed by atoms with Crippen LogP contribution in [-0.4, -0.2) is 46.4 Å². The molecular weight excluding hydrogens is 420 g/mol. The topological polar surface area (TPSA) is 94.2 Å². The van der Waals surface area contributed by atoms with Gasteiger partial charge in [0.1, 0.15) is 25.0 Å². The van der Waals surface area contributed by atoms with Crippen molar-refractivity contribution in [2.75, 3.05) is 30.4 Å². The summed E-state index contributed by atoms with van der Waals surface area (Å²) >= 11 is 0. The molecule has 2 aromatic carbocycles. The normalized spacial score (nSPS) is 15.0. The number of benzene rings is 2. The molecule has 8 nitrogen and oxygen atoms in total. The highest BCUT2D eigenvalue weighted by molar-refractivity contribution is 7.92. The molecule has 0 spiro atoms. The van der Waals surface area contributed by atoms with Crippen molar-refractivity contribution in [1.82, 2.24) is 5.32 Å². The third-order valence-corrected chi connectivity index (χ3v) is 6.16. The van der Waals surface area contributed by atoms with Gasteiger partial charge in [0.15, 0.2) is 11.5 Å². The van der Waals surface area contributed by atoms with E-state index in [0.29, 0.717) is 42.8 Å². The lowest BCUT2D eigenvalue weighted by Crippen LogP contribution is -2.48. The van der Waals surface area contributed by atoms with Gasteiger partial charge in [0, 0.05) is 0 Å². The van der Waals surface area contributed by atoms with Crippen molar-refractivity contribution < 1.29 is 27.4 Å². The van der Waals surface area contributed by atoms with E-state index in [1.165, 1.54) is 0 Å². The fourth-order valence-corrected chi connectivity index (χ4v) is 4.59. The zero-order valence-electron chi connectivity index (χ0n) is 18.1. The summed E-state index contributed by atoms with van der Waals surface area (Å²) in [6, 6.07) is 10.8. The minimum atomic E-state index is -3.70. The Balaban J connectivity index is 1.76. The Bertz CT molecular complexity index is 1020. The summed E-state index contributed by atoms with van der Waals surface area (Å²) in [6.07, 6.45) is 1.08. The number of ether oxygens (including phenoxy) is 3. The number of nitrogens with one attached hydrogen (secondary N) is 1. The van der Waals surface area contributed by atoms with Crippen LogP contribution in [0.2, 0.25) is 0 Å². The molecule has 1 amide bonds. The van der Waals surface area contributed by atoms with Gasteiger partial charge in [-0.25, -0.2) is 8.42 Å². The number of hydrogen-bond donors (Lipinski definition) is 1. The van der Waals surface area contributed by atoms with Gasteiger partial charge in [0.25, 0.3) is 0 Å².